The van der Waals surface area contributed by atoms with E-state index in [-0.39, 0.29) is 11.7 Å². The highest BCUT2D eigenvalue weighted by Gasteiger charge is 2.17. The van der Waals surface area contributed by atoms with Crippen molar-refractivity contribution < 1.29 is 9.18 Å². The zero-order chi connectivity index (χ0) is 17.6. The third-order valence-electron chi connectivity index (χ3n) is 3.73. The molecule has 0 aliphatic heterocycles. The van der Waals surface area contributed by atoms with Crippen molar-refractivity contribution >= 4 is 23.3 Å². The largest absolute Gasteiger partial charge is 0.327 e. The van der Waals surface area contributed by atoms with Crippen molar-refractivity contribution in [3.8, 4) is 0 Å². The fraction of sp³-hybridized carbons (Fsp3) is 0.0500. The predicted octanol–water partition coefficient (Wildman–Crippen LogP) is 5.39. The van der Waals surface area contributed by atoms with Crippen LogP contribution in [0, 0.1) is 5.82 Å². The van der Waals surface area contributed by atoms with Gasteiger partial charge in [0.2, 0.25) is 0 Å². The first-order valence-corrected chi connectivity index (χ1v) is 8.14. The van der Waals surface area contributed by atoms with Crippen LogP contribution in [0.2, 0.25) is 5.02 Å². The molecule has 5 heteroatoms. The lowest BCUT2D eigenvalue weighted by Gasteiger charge is -2.20. The summed E-state index contributed by atoms with van der Waals surface area (Å²) in [7, 11) is 0. The molecular formula is C20H16ClFN2O. The number of nitrogens with one attached hydrogen (secondary N) is 2. The van der Waals surface area contributed by atoms with Crippen LogP contribution >= 0.6 is 11.6 Å². The van der Waals surface area contributed by atoms with Gasteiger partial charge in [0.05, 0.1) is 11.7 Å². The van der Waals surface area contributed by atoms with E-state index in [2.05, 4.69) is 10.6 Å². The Bertz CT molecular complexity index is 853. The highest BCUT2D eigenvalue weighted by Crippen LogP contribution is 2.24. The number of hydrogen-bond acceptors (Lipinski definition) is 1. The van der Waals surface area contributed by atoms with Crippen LogP contribution in [0.3, 0.4) is 0 Å². The summed E-state index contributed by atoms with van der Waals surface area (Å²) in [5.41, 5.74) is 1.91. The quantitative estimate of drug-likeness (QED) is 0.648. The molecule has 0 heterocycles. The number of para-hydroxylation sites is 1. The van der Waals surface area contributed by atoms with Crippen LogP contribution in [-0.2, 0) is 0 Å². The van der Waals surface area contributed by atoms with E-state index in [1.54, 1.807) is 24.3 Å². The number of hydrogen-bond donors (Lipinski definition) is 2. The molecule has 0 aromatic heterocycles. The molecule has 3 aromatic rings. The van der Waals surface area contributed by atoms with Gasteiger partial charge in [-0.2, -0.15) is 0 Å². The Balaban J connectivity index is 1.84. The van der Waals surface area contributed by atoms with Crippen molar-refractivity contribution in [1.82, 2.24) is 5.32 Å². The van der Waals surface area contributed by atoms with Crippen LogP contribution in [0.25, 0.3) is 0 Å². The van der Waals surface area contributed by atoms with Gasteiger partial charge in [-0.15, -0.1) is 0 Å². The summed E-state index contributed by atoms with van der Waals surface area (Å²) in [6, 6.07) is 21.9. The Morgan fingerprint density at radius 2 is 1.44 bits per heavy atom. The molecule has 2 N–H and O–H groups in total. The molecular weight excluding hydrogens is 339 g/mol. The van der Waals surface area contributed by atoms with Gasteiger partial charge in [0.15, 0.2) is 0 Å². The monoisotopic (exact) mass is 354 g/mol. The molecule has 0 aliphatic carbocycles. The molecule has 3 nitrogen and oxygen atoms in total. The van der Waals surface area contributed by atoms with Gasteiger partial charge in [-0.25, -0.2) is 9.18 Å². The fourth-order valence-corrected chi connectivity index (χ4v) is 2.64. The molecule has 0 fully saturated rings. The molecule has 1 atom stereocenters. The summed E-state index contributed by atoms with van der Waals surface area (Å²) in [5, 5.41) is 6.04. The number of urea groups is 1. The van der Waals surface area contributed by atoms with Crippen LogP contribution in [0.5, 0.6) is 0 Å². The standard InChI is InChI=1S/C20H16ClFN2O/c21-16-12-10-15(11-13-16)19(14-6-2-1-3-7-14)24-20(25)23-18-9-5-4-8-17(18)22/h1-13,19H,(H2,23,24,25)/t19-/m1/s1. The van der Waals surface area contributed by atoms with E-state index in [1.807, 2.05) is 42.5 Å². The van der Waals surface area contributed by atoms with Gasteiger partial charge in [0.25, 0.3) is 0 Å². The maximum atomic E-state index is 13.7. The smallest absolute Gasteiger partial charge is 0.320 e. The molecule has 0 saturated carbocycles. The first-order chi connectivity index (χ1) is 12.1. The molecule has 0 bridgehead atoms. The molecule has 2 amide bonds. The number of halogens is 2. The molecule has 25 heavy (non-hydrogen) atoms. The van der Waals surface area contributed by atoms with Gasteiger partial charge in [-0.1, -0.05) is 66.2 Å². The summed E-state index contributed by atoms with van der Waals surface area (Å²) < 4.78 is 13.7. The van der Waals surface area contributed by atoms with Crippen molar-refractivity contribution in [3.63, 3.8) is 0 Å². The van der Waals surface area contributed by atoms with Crippen molar-refractivity contribution in [2.75, 3.05) is 5.32 Å². The zero-order valence-electron chi connectivity index (χ0n) is 13.2. The van der Waals surface area contributed by atoms with Crippen LogP contribution < -0.4 is 10.6 Å². The molecule has 3 aromatic carbocycles. The maximum Gasteiger partial charge on any atom is 0.320 e. The number of carbonyl (C=O) groups excluding carboxylic acids is 1. The van der Waals surface area contributed by atoms with Gasteiger partial charge in [0.1, 0.15) is 5.82 Å². The summed E-state index contributed by atoms with van der Waals surface area (Å²) in [6.07, 6.45) is 0. The van der Waals surface area contributed by atoms with E-state index in [0.29, 0.717) is 5.02 Å². The van der Waals surface area contributed by atoms with E-state index >= 15 is 0 Å². The minimum atomic E-state index is -0.492. The van der Waals surface area contributed by atoms with E-state index < -0.39 is 11.8 Å². The Morgan fingerprint density at radius 3 is 2.12 bits per heavy atom. The Labute approximate surface area is 150 Å². The minimum Gasteiger partial charge on any atom is -0.327 e. The normalized spacial score (nSPS) is 11.6. The van der Waals surface area contributed by atoms with Crippen molar-refractivity contribution in [2.45, 2.75) is 6.04 Å². The van der Waals surface area contributed by atoms with Crippen molar-refractivity contribution in [1.29, 1.82) is 0 Å². The van der Waals surface area contributed by atoms with Crippen LogP contribution in [0.15, 0.2) is 78.9 Å². The number of carbonyl (C=O) groups is 1. The highest BCUT2D eigenvalue weighted by molar-refractivity contribution is 6.30. The number of amides is 2. The second-order valence-corrected chi connectivity index (χ2v) is 5.91. The van der Waals surface area contributed by atoms with E-state index in [4.69, 9.17) is 11.6 Å². The first kappa shape index (κ1) is 17.0. The molecule has 0 aliphatic rings. The minimum absolute atomic E-state index is 0.128. The van der Waals surface area contributed by atoms with E-state index in [0.717, 1.165) is 11.1 Å². The second kappa shape index (κ2) is 7.81. The topological polar surface area (TPSA) is 41.1 Å². The maximum absolute atomic E-state index is 13.7. The fourth-order valence-electron chi connectivity index (χ4n) is 2.51. The third kappa shape index (κ3) is 4.37. The second-order valence-electron chi connectivity index (χ2n) is 5.47. The molecule has 126 valence electrons. The third-order valence-corrected chi connectivity index (χ3v) is 3.99. The predicted molar refractivity (Wildman–Crippen MR) is 98.3 cm³/mol. The van der Waals surface area contributed by atoms with Crippen LogP contribution in [0.4, 0.5) is 14.9 Å². The van der Waals surface area contributed by atoms with E-state index in [1.165, 1.54) is 12.1 Å². The number of rotatable bonds is 4. The Morgan fingerprint density at radius 1 is 0.840 bits per heavy atom. The van der Waals surface area contributed by atoms with Gasteiger partial charge in [-0.3, -0.25) is 0 Å². The van der Waals surface area contributed by atoms with E-state index in [9.17, 15) is 9.18 Å². The first-order valence-electron chi connectivity index (χ1n) is 7.76. The summed E-state index contributed by atoms with van der Waals surface area (Å²) in [6.45, 7) is 0. The van der Waals surface area contributed by atoms with Gasteiger partial charge in [0, 0.05) is 5.02 Å². The number of benzene rings is 3. The lowest BCUT2D eigenvalue weighted by Crippen LogP contribution is -2.33. The Kier molecular flexibility index (Phi) is 5.31. The molecule has 0 radical (unpaired) electrons. The van der Waals surface area contributed by atoms with Gasteiger partial charge in [-0.05, 0) is 35.4 Å². The Hall–Kier alpha value is -2.85. The van der Waals surface area contributed by atoms with Gasteiger partial charge >= 0.3 is 6.03 Å². The molecule has 0 unspecified atom stereocenters. The van der Waals surface area contributed by atoms with Crippen LogP contribution in [0.1, 0.15) is 17.2 Å². The highest BCUT2D eigenvalue weighted by atomic mass is 35.5. The summed E-state index contributed by atoms with van der Waals surface area (Å²) >= 11 is 5.95. The van der Waals surface area contributed by atoms with Crippen LogP contribution in [-0.4, -0.2) is 6.03 Å². The molecule has 3 rings (SSSR count). The lowest BCUT2D eigenvalue weighted by atomic mass is 9.99. The van der Waals surface area contributed by atoms with Gasteiger partial charge < -0.3 is 10.6 Å². The van der Waals surface area contributed by atoms with Crippen molar-refractivity contribution in [2.24, 2.45) is 0 Å². The lowest BCUT2D eigenvalue weighted by molar-refractivity contribution is 0.250. The zero-order valence-corrected chi connectivity index (χ0v) is 14.0. The molecule has 0 saturated heterocycles. The molecule has 0 spiro atoms. The van der Waals surface area contributed by atoms with Crippen molar-refractivity contribution in [3.05, 3.63) is 101 Å². The summed E-state index contributed by atoms with van der Waals surface area (Å²) in [5.74, 6) is -0.486. The summed E-state index contributed by atoms with van der Waals surface area (Å²) in [4.78, 5) is 12.4. The number of anilines is 1. The average Bonchev–Trinajstić information content (AvgIpc) is 2.63. The average molecular weight is 355 g/mol. The SMILES string of the molecule is O=C(Nc1ccccc1F)N[C@H](c1ccccc1)c1ccc(Cl)cc1.